The Bertz CT molecular complexity index is 485. The fraction of sp³-hybridized carbons (Fsp3) is 0.267. The van der Waals surface area contributed by atoms with Crippen LogP contribution in [0.3, 0.4) is 0 Å². The van der Waals surface area contributed by atoms with E-state index in [1.165, 1.54) is 6.07 Å². The Hall–Kier alpha value is -1.74. The van der Waals surface area contributed by atoms with Gasteiger partial charge < -0.3 is 5.32 Å². The summed E-state index contributed by atoms with van der Waals surface area (Å²) in [5.74, 6) is -0.156. The molecule has 1 atom stereocenters. The summed E-state index contributed by atoms with van der Waals surface area (Å²) in [7, 11) is 0. The first-order valence-corrected chi connectivity index (χ1v) is 6.19. The van der Waals surface area contributed by atoms with Crippen LogP contribution in [-0.4, -0.2) is 11.5 Å². The molecule has 18 heavy (non-hydrogen) atoms. The Morgan fingerprint density at radius 2 is 1.94 bits per heavy atom. The molecule has 1 unspecified atom stereocenters. The van der Waals surface area contributed by atoms with Crippen molar-refractivity contribution in [1.82, 2.24) is 10.3 Å². The van der Waals surface area contributed by atoms with Gasteiger partial charge >= 0.3 is 0 Å². The molecule has 1 heterocycles. The quantitative estimate of drug-likeness (QED) is 0.874. The first kappa shape index (κ1) is 12.7. The van der Waals surface area contributed by atoms with Crippen molar-refractivity contribution >= 4 is 0 Å². The van der Waals surface area contributed by atoms with Gasteiger partial charge in [0.15, 0.2) is 0 Å². The topological polar surface area (TPSA) is 24.9 Å². The Morgan fingerprint density at radius 1 is 1.17 bits per heavy atom. The minimum absolute atomic E-state index is 0.0492. The van der Waals surface area contributed by atoms with E-state index in [4.69, 9.17) is 0 Å². The van der Waals surface area contributed by atoms with Crippen molar-refractivity contribution in [2.45, 2.75) is 19.4 Å². The van der Waals surface area contributed by atoms with Gasteiger partial charge in [0.1, 0.15) is 5.82 Å². The number of halogens is 1. The van der Waals surface area contributed by atoms with Gasteiger partial charge in [-0.05, 0) is 36.7 Å². The van der Waals surface area contributed by atoms with Crippen LogP contribution in [0.2, 0.25) is 0 Å². The third-order valence-corrected chi connectivity index (χ3v) is 2.88. The highest BCUT2D eigenvalue weighted by molar-refractivity contribution is 5.21. The molecule has 0 aliphatic heterocycles. The number of rotatable bonds is 5. The highest BCUT2D eigenvalue weighted by Gasteiger charge is 2.14. The van der Waals surface area contributed by atoms with Crippen molar-refractivity contribution in [3.05, 3.63) is 65.7 Å². The summed E-state index contributed by atoms with van der Waals surface area (Å²) in [6.07, 6.45) is 2.37. The van der Waals surface area contributed by atoms with Crippen LogP contribution in [0.25, 0.3) is 0 Å². The average molecular weight is 244 g/mol. The van der Waals surface area contributed by atoms with Crippen LogP contribution in [0.1, 0.15) is 24.2 Å². The molecule has 0 fully saturated rings. The van der Waals surface area contributed by atoms with Gasteiger partial charge in [0.25, 0.3) is 0 Å². The monoisotopic (exact) mass is 244 g/mol. The largest absolute Gasteiger partial charge is 0.309 e. The van der Waals surface area contributed by atoms with E-state index in [2.05, 4.69) is 10.3 Å². The van der Waals surface area contributed by atoms with E-state index in [1.54, 1.807) is 12.3 Å². The maximum Gasteiger partial charge on any atom is 0.126 e. The van der Waals surface area contributed by atoms with Crippen molar-refractivity contribution in [1.29, 1.82) is 0 Å². The Kier molecular flexibility index (Phi) is 4.42. The van der Waals surface area contributed by atoms with Crippen LogP contribution < -0.4 is 5.32 Å². The summed E-state index contributed by atoms with van der Waals surface area (Å²) in [4.78, 5) is 4.34. The molecule has 0 spiro atoms. The molecule has 94 valence electrons. The zero-order valence-corrected chi connectivity index (χ0v) is 10.4. The molecule has 0 amide bonds. The van der Waals surface area contributed by atoms with Crippen molar-refractivity contribution in [2.24, 2.45) is 0 Å². The number of nitrogens with zero attached hydrogens (tertiary/aromatic N) is 1. The molecule has 1 aromatic carbocycles. The first-order chi connectivity index (χ1) is 8.81. The Labute approximate surface area is 107 Å². The van der Waals surface area contributed by atoms with Crippen molar-refractivity contribution in [3.8, 4) is 0 Å². The van der Waals surface area contributed by atoms with Gasteiger partial charge in [-0.1, -0.05) is 31.2 Å². The summed E-state index contributed by atoms with van der Waals surface area (Å²) in [6.45, 7) is 2.87. The molecule has 3 heteroatoms. The van der Waals surface area contributed by atoms with E-state index >= 15 is 0 Å². The van der Waals surface area contributed by atoms with Crippen LogP contribution in [0, 0.1) is 5.82 Å². The van der Waals surface area contributed by atoms with Gasteiger partial charge in [-0.2, -0.15) is 0 Å². The van der Waals surface area contributed by atoms with Crippen molar-refractivity contribution in [3.63, 3.8) is 0 Å². The van der Waals surface area contributed by atoms with Gasteiger partial charge in [-0.25, -0.2) is 4.39 Å². The molecule has 0 aliphatic rings. The average Bonchev–Trinajstić information content (AvgIpc) is 2.42. The molecular weight excluding hydrogens is 227 g/mol. The molecule has 0 bridgehead atoms. The summed E-state index contributed by atoms with van der Waals surface area (Å²) in [6, 6.07) is 12.7. The SMILES string of the molecule is CCNC(Cc1ccccc1F)c1ccccn1. The zero-order chi connectivity index (χ0) is 12.8. The second kappa shape index (κ2) is 6.26. The second-order valence-corrected chi connectivity index (χ2v) is 4.16. The lowest BCUT2D eigenvalue weighted by Crippen LogP contribution is -2.24. The Morgan fingerprint density at radius 3 is 2.61 bits per heavy atom. The van der Waals surface area contributed by atoms with Crippen molar-refractivity contribution < 1.29 is 4.39 Å². The Balaban J connectivity index is 2.19. The van der Waals surface area contributed by atoms with Crippen LogP contribution in [0.5, 0.6) is 0 Å². The number of likely N-dealkylation sites (N-methyl/N-ethyl adjacent to an activating group) is 1. The predicted octanol–water partition coefficient (Wildman–Crippen LogP) is 3.11. The van der Waals surface area contributed by atoms with Gasteiger partial charge in [0, 0.05) is 6.20 Å². The molecule has 0 saturated heterocycles. The summed E-state index contributed by atoms with van der Waals surface area (Å²) in [5, 5.41) is 3.35. The molecule has 2 nitrogen and oxygen atoms in total. The number of benzene rings is 1. The minimum Gasteiger partial charge on any atom is -0.309 e. The summed E-state index contributed by atoms with van der Waals surface area (Å²) < 4.78 is 13.7. The molecule has 0 saturated carbocycles. The van der Waals surface area contributed by atoms with Gasteiger partial charge in [0.05, 0.1) is 11.7 Å². The van der Waals surface area contributed by atoms with Crippen LogP contribution in [0.15, 0.2) is 48.7 Å². The molecule has 0 aliphatic carbocycles. The molecule has 2 rings (SSSR count). The van der Waals surface area contributed by atoms with E-state index in [9.17, 15) is 4.39 Å². The van der Waals surface area contributed by atoms with E-state index in [1.807, 2.05) is 37.3 Å². The van der Waals surface area contributed by atoms with Crippen molar-refractivity contribution in [2.75, 3.05) is 6.54 Å². The molecule has 0 radical (unpaired) electrons. The number of hydrogen-bond acceptors (Lipinski definition) is 2. The number of aromatic nitrogens is 1. The highest BCUT2D eigenvalue weighted by atomic mass is 19.1. The maximum absolute atomic E-state index is 13.7. The van der Waals surface area contributed by atoms with Crippen LogP contribution in [-0.2, 0) is 6.42 Å². The smallest absolute Gasteiger partial charge is 0.126 e. The summed E-state index contributed by atoms with van der Waals surface area (Å²) >= 11 is 0. The zero-order valence-electron chi connectivity index (χ0n) is 10.4. The van der Waals surface area contributed by atoms with E-state index in [-0.39, 0.29) is 11.9 Å². The first-order valence-electron chi connectivity index (χ1n) is 6.19. The third-order valence-electron chi connectivity index (χ3n) is 2.88. The molecule has 2 aromatic rings. The van der Waals surface area contributed by atoms with Gasteiger partial charge in [-0.15, -0.1) is 0 Å². The number of hydrogen-bond donors (Lipinski definition) is 1. The van der Waals surface area contributed by atoms with E-state index < -0.39 is 0 Å². The van der Waals surface area contributed by atoms with E-state index in [0.29, 0.717) is 12.0 Å². The standard InChI is InChI=1S/C15H17FN2/c1-2-17-15(14-9-5-6-10-18-14)11-12-7-3-4-8-13(12)16/h3-10,15,17H,2,11H2,1H3. The number of pyridine rings is 1. The number of nitrogens with one attached hydrogen (secondary N) is 1. The van der Waals surface area contributed by atoms with Crippen LogP contribution >= 0.6 is 0 Å². The minimum atomic E-state index is -0.156. The second-order valence-electron chi connectivity index (χ2n) is 4.16. The lowest BCUT2D eigenvalue weighted by Gasteiger charge is -2.17. The lowest BCUT2D eigenvalue weighted by atomic mass is 10.0. The fourth-order valence-electron chi connectivity index (χ4n) is 1.99. The fourth-order valence-corrected chi connectivity index (χ4v) is 1.99. The predicted molar refractivity (Wildman–Crippen MR) is 70.8 cm³/mol. The summed E-state index contributed by atoms with van der Waals surface area (Å²) in [5.41, 5.74) is 1.66. The normalized spacial score (nSPS) is 12.3. The molecule has 1 N–H and O–H groups in total. The van der Waals surface area contributed by atoms with Gasteiger partial charge in [0.2, 0.25) is 0 Å². The molecular formula is C15H17FN2. The maximum atomic E-state index is 13.7. The van der Waals surface area contributed by atoms with E-state index in [0.717, 1.165) is 12.2 Å². The van der Waals surface area contributed by atoms with Crippen LogP contribution in [0.4, 0.5) is 4.39 Å². The third kappa shape index (κ3) is 3.14. The molecule has 1 aromatic heterocycles. The van der Waals surface area contributed by atoms with Gasteiger partial charge in [-0.3, -0.25) is 4.98 Å². The highest BCUT2D eigenvalue weighted by Crippen LogP contribution is 2.18. The lowest BCUT2D eigenvalue weighted by molar-refractivity contribution is 0.518.